The van der Waals surface area contributed by atoms with Crippen molar-refractivity contribution in [3.8, 4) is 0 Å². The normalized spacial score (nSPS) is 19.4. The lowest BCUT2D eigenvalue weighted by atomic mass is 10.1. The van der Waals surface area contributed by atoms with Gasteiger partial charge in [0.25, 0.3) is 5.91 Å². The molecular weight excluding hydrogens is 347 g/mol. The van der Waals surface area contributed by atoms with E-state index in [-0.39, 0.29) is 17.7 Å². The first-order chi connectivity index (χ1) is 11.6. The molecule has 6 heteroatoms. The van der Waals surface area contributed by atoms with Gasteiger partial charge in [-0.25, -0.2) is 0 Å². The number of benzene rings is 1. The van der Waals surface area contributed by atoms with E-state index in [1.165, 1.54) is 0 Å². The molecule has 0 unspecified atom stereocenters. The number of carbonyl (C=O) groups is 2. The monoisotopic (exact) mass is 368 g/mol. The summed E-state index contributed by atoms with van der Waals surface area (Å²) in [7, 11) is 0. The Labute approximate surface area is 152 Å². The van der Waals surface area contributed by atoms with E-state index in [0.717, 1.165) is 38.6 Å². The summed E-state index contributed by atoms with van der Waals surface area (Å²) in [4.78, 5) is 29.0. The Balaban J connectivity index is 1.63. The van der Waals surface area contributed by atoms with E-state index in [2.05, 4.69) is 0 Å². The molecule has 130 valence electrons. The molecule has 2 aliphatic rings. The third-order valence-electron chi connectivity index (χ3n) is 4.97. The zero-order chi connectivity index (χ0) is 17.1. The molecule has 0 spiro atoms. The topological polar surface area (TPSA) is 40.6 Å². The number of hydrogen-bond acceptors (Lipinski definition) is 2. The van der Waals surface area contributed by atoms with Crippen LogP contribution < -0.4 is 0 Å². The van der Waals surface area contributed by atoms with Crippen LogP contribution in [-0.4, -0.2) is 47.8 Å². The predicted octanol–water partition coefficient (Wildman–Crippen LogP) is 3.86. The fourth-order valence-electron chi connectivity index (χ4n) is 3.58. The Morgan fingerprint density at radius 1 is 0.875 bits per heavy atom. The molecule has 0 aromatic heterocycles. The van der Waals surface area contributed by atoms with E-state index in [0.29, 0.717) is 35.2 Å². The van der Waals surface area contributed by atoms with Gasteiger partial charge in [0.05, 0.1) is 10.0 Å². The number of halogens is 2. The minimum atomic E-state index is -0.0521. The second-order valence-electron chi connectivity index (χ2n) is 6.58. The summed E-state index contributed by atoms with van der Waals surface area (Å²) in [6.45, 7) is 2.58. The highest BCUT2D eigenvalue weighted by Gasteiger charge is 2.29. The van der Waals surface area contributed by atoms with Crippen LogP contribution in [0.3, 0.4) is 0 Å². The molecule has 1 aromatic rings. The maximum absolute atomic E-state index is 12.7. The van der Waals surface area contributed by atoms with E-state index in [1.807, 2.05) is 9.80 Å². The van der Waals surface area contributed by atoms with Crippen molar-refractivity contribution in [2.75, 3.05) is 26.2 Å². The number of amides is 2. The summed E-state index contributed by atoms with van der Waals surface area (Å²) in [5.74, 6) is 0.419. The van der Waals surface area contributed by atoms with Crippen LogP contribution in [0.15, 0.2) is 18.2 Å². The van der Waals surface area contributed by atoms with Gasteiger partial charge in [-0.05, 0) is 37.5 Å². The van der Waals surface area contributed by atoms with Crippen LogP contribution in [0.25, 0.3) is 0 Å². The van der Waals surface area contributed by atoms with E-state index < -0.39 is 0 Å². The summed E-state index contributed by atoms with van der Waals surface area (Å²) < 4.78 is 0. The molecule has 0 N–H and O–H groups in total. The molecule has 1 aromatic carbocycles. The number of hydrogen-bond donors (Lipinski definition) is 0. The van der Waals surface area contributed by atoms with Crippen LogP contribution in [0, 0.1) is 5.92 Å². The maximum Gasteiger partial charge on any atom is 0.253 e. The van der Waals surface area contributed by atoms with Crippen molar-refractivity contribution < 1.29 is 9.59 Å². The van der Waals surface area contributed by atoms with Crippen LogP contribution in [-0.2, 0) is 4.79 Å². The fourth-order valence-corrected chi connectivity index (χ4v) is 3.88. The molecule has 2 amide bonds. The predicted molar refractivity (Wildman–Crippen MR) is 95.5 cm³/mol. The molecule has 1 saturated heterocycles. The van der Waals surface area contributed by atoms with Gasteiger partial charge in [0, 0.05) is 37.7 Å². The summed E-state index contributed by atoms with van der Waals surface area (Å²) in [6, 6.07) is 4.95. The largest absolute Gasteiger partial charge is 0.341 e. The first-order valence-corrected chi connectivity index (χ1v) is 9.35. The molecular formula is C18H22Cl2N2O2. The SMILES string of the molecule is O=C(c1ccc(Cl)c(Cl)c1)N1CCCN(C(=O)C2CCCC2)CC1. The minimum absolute atomic E-state index is 0.0521. The molecule has 0 bridgehead atoms. The summed E-state index contributed by atoms with van der Waals surface area (Å²) in [5, 5.41) is 0.827. The highest BCUT2D eigenvalue weighted by Crippen LogP contribution is 2.27. The standard InChI is InChI=1S/C18H22Cl2N2O2/c19-15-7-6-14(12-16(15)20)18(24)22-9-3-8-21(10-11-22)17(23)13-4-1-2-5-13/h6-7,12-13H,1-5,8-11H2. The smallest absolute Gasteiger partial charge is 0.253 e. The van der Waals surface area contributed by atoms with Crippen LogP contribution in [0.1, 0.15) is 42.5 Å². The quantitative estimate of drug-likeness (QED) is 0.794. The molecule has 0 atom stereocenters. The Morgan fingerprint density at radius 3 is 2.25 bits per heavy atom. The molecule has 24 heavy (non-hydrogen) atoms. The Morgan fingerprint density at radius 2 is 1.54 bits per heavy atom. The molecule has 0 radical (unpaired) electrons. The zero-order valence-electron chi connectivity index (χ0n) is 13.6. The van der Waals surface area contributed by atoms with Crippen molar-refractivity contribution in [2.45, 2.75) is 32.1 Å². The Bertz CT molecular complexity index is 629. The minimum Gasteiger partial charge on any atom is -0.341 e. The van der Waals surface area contributed by atoms with Gasteiger partial charge in [0.1, 0.15) is 0 Å². The molecule has 1 aliphatic heterocycles. The third kappa shape index (κ3) is 3.86. The molecule has 3 rings (SSSR count). The van der Waals surface area contributed by atoms with E-state index in [4.69, 9.17) is 23.2 Å². The van der Waals surface area contributed by atoms with Gasteiger partial charge < -0.3 is 9.80 Å². The van der Waals surface area contributed by atoms with Crippen LogP contribution in [0.5, 0.6) is 0 Å². The van der Waals surface area contributed by atoms with Crippen molar-refractivity contribution in [1.82, 2.24) is 9.80 Å². The molecule has 4 nitrogen and oxygen atoms in total. The first kappa shape index (κ1) is 17.6. The summed E-state index contributed by atoms with van der Waals surface area (Å²) in [6.07, 6.45) is 5.16. The lowest BCUT2D eigenvalue weighted by Crippen LogP contribution is -2.39. The zero-order valence-corrected chi connectivity index (χ0v) is 15.2. The second-order valence-corrected chi connectivity index (χ2v) is 7.40. The van der Waals surface area contributed by atoms with Crippen molar-refractivity contribution in [1.29, 1.82) is 0 Å². The van der Waals surface area contributed by atoms with Crippen molar-refractivity contribution in [2.24, 2.45) is 5.92 Å². The molecule has 1 saturated carbocycles. The van der Waals surface area contributed by atoms with E-state index in [9.17, 15) is 9.59 Å². The van der Waals surface area contributed by atoms with Gasteiger partial charge in [0.15, 0.2) is 0 Å². The Hall–Kier alpha value is -1.26. The van der Waals surface area contributed by atoms with E-state index in [1.54, 1.807) is 18.2 Å². The number of carbonyl (C=O) groups excluding carboxylic acids is 2. The third-order valence-corrected chi connectivity index (χ3v) is 5.70. The summed E-state index contributed by atoms with van der Waals surface area (Å²) in [5.41, 5.74) is 0.542. The Kier molecular flexibility index (Phi) is 5.67. The number of nitrogens with zero attached hydrogens (tertiary/aromatic N) is 2. The average molecular weight is 369 g/mol. The average Bonchev–Trinajstić information content (AvgIpc) is 3.00. The second kappa shape index (κ2) is 7.75. The van der Waals surface area contributed by atoms with Gasteiger partial charge in [0.2, 0.25) is 5.91 Å². The highest BCUT2D eigenvalue weighted by atomic mass is 35.5. The van der Waals surface area contributed by atoms with Gasteiger partial charge in [-0.2, -0.15) is 0 Å². The lowest BCUT2D eigenvalue weighted by Gasteiger charge is -2.24. The van der Waals surface area contributed by atoms with E-state index >= 15 is 0 Å². The van der Waals surface area contributed by atoms with Gasteiger partial charge in [-0.15, -0.1) is 0 Å². The van der Waals surface area contributed by atoms with Crippen LogP contribution in [0.4, 0.5) is 0 Å². The van der Waals surface area contributed by atoms with Gasteiger partial charge in [-0.3, -0.25) is 9.59 Å². The summed E-state index contributed by atoms with van der Waals surface area (Å²) >= 11 is 11.9. The van der Waals surface area contributed by atoms with Crippen LogP contribution in [0.2, 0.25) is 10.0 Å². The van der Waals surface area contributed by atoms with Crippen molar-refractivity contribution in [3.63, 3.8) is 0 Å². The molecule has 2 fully saturated rings. The maximum atomic E-state index is 12.7. The van der Waals surface area contributed by atoms with Gasteiger partial charge >= 0.3 is 0 Å². The molecule has 1 aliphatic carbocycles. The van der Waals surface area contributed by atoms with Crippen molar-refractivity contribution >= 4 is 35.0 Å². The fraction of sp³-hybridized carbons (Fsp3) is 0.556. The number of rotatable bonds is 2. The lowest BCUT2D eigenvalue weighted by molar-refractivity contribution is -0.135. The first-order valence-electron chi connectivity index (χ1n) is 8.59. The van der Waals surface area contributed by atoms with Crippen molar-refractivity contribution in [3.05, 3.63) is 33.8 Å². The highest BCUT2D eigenvalue weighted by molar-refractivity contribution is 6.42. The molecule has 1 heterocycles. The van der Waals surface area contributed by atoms with Gasteiger partial charge in [-0.1, -0.05) is 36.0 Å². The van der Waals surface area contributed by atoms with Crippen LogP contribution >= 0.6 is 23.2 Å².